The molecule has 0 aliphatic carbocycles. The van der Waals surface area contributed by atoms with Crippen molar-refractivity contribution in [3.05, 3.63) is 58.2 Å². The molecule has 1 fully saturated rings. The third-order valence-electron chi connectivity index (χ3n) is 6.12. The number of benzene rings is 2. The predicted molar refractivity (Wildman–Crippen MR) is 118 cm³/mol. The van der Waals surface area contributed by atoms with Crippen molar-refractivity contribution in [2.75, 3.05) is 24.5 Å². The first-order chi connectivity index (χ1) is 14.6. The molecule has 3 heterocycles. The minimum Gasteiger partial charge on any atom is -0.507 e. The normalized spacial score (nSPS) is 16.8. The fourth-order valence-corrected chi connectivity index (χ4v) is 4.70. The van der Waals surface area contributed by atoms with Gasteiger partial charge in [-0.05, 0) is 36.6 Å². The number of rotatable bonds is 4. The first-order valence-corrected chi connectivity index (χ1v) is 10.8. The van der Waals surface area contributed by atoms with Gasteiger partial charge in [-0.25, -0.2) is 0 Å². The molecule has 1 saturated heterocycles. The second kappa shape index (κ2) is 7.85. The van der Waals surface area contributed by atoms with E-state index in [0.29, 0.717) is 11.3 Å². The summed E-state index contributed by atoms with van der Waals surface area (Å²) in [5.41, 5.74) is 6.02. The van der Waals surface area contributed by atoms with E-state index in [-0.39, 0.29) is 16.5 Å². The maximum Gasteiger partial charge on any atom is 0.137 e. The smallest absolute Gasteiger partial charge is 0.137 e. The summed E-state index contributed by atoms with van der Waals surface area (Å²) >= 11 is 6.08. The first-order valence-electron chi connectivity index (χ1n) is 10.4. The van der Waals surface area contributed by atoms with E-state index in [1.807, 2.05) is 0 Å². The molecule has 0 unspecified atom stereocenters. The molecule has 0 spiro atoms. The molecule has 30 heavy (non-hydrogen) atoms. The summed E-state index contributed by atoms with van der Waals surface area (Å²) in [6.45, 7) is 4.85. The van der Waals surface area contributed by atoms with E-state index in [9.17, 15) is 10.2 Å². The van der Waals surface area contributed by atoms with Gasteiger partial charge in [-0.3, -0.25) is 10.00 Å². The third-order valence-corrected chi connectivity index (χ3v) is 6.42. The Morgan fingerprint density at radius 1 is 1.03 bits per heavy atom. The van der Waals surface area contributed by atoms with Crippen LogP contribution in [0.5, 0.6) is 11.5 Å². The molecule has 3 N–H and O–H groups in total. The molecule has 0 bridgehead atoms. The van der Waals surface area contributed by atoms with Gasteiger partial charge in [0.2, 0.25) is 0 Å². The molecule has 0 amide bonds. The minimum atomic E-state index is -0.137. The SMILES string of the molecule is Oc1cc(O)c(-c2n[nH]c3c2CN(Cc2cccc(N4CCCC4)c2)CC3)cc1Cl. The molecule has 6 nitrogen and oxygen atoms in total. The van der Waals surface area contributed by atoms with Crippen LogP contribution in [0.2, 0.25) is 5.02 Å². The monoisotopic (exact) mass is 424 g/mol. The Morgan fingerprint density at radius 3 is 2.70 bits per heavy atom. The number of hydrogen-bond donors (Lipinski definition) is 3. The van der Waals surface area contributed by atoms with E-state index in [1.165, 1.54) is 30.2 Å². The van der Waals surface area contributed by atoms with Gasteiger partial charge < -0.3 is 15.1 Å². The van der Waals surface area contributed by atoms with Crippen LogP contribution in [0, 0.1) is 0 Å². The summed E-state index contributed by atoms with van der Waals surface area (Å²) in [5, 5.41) is 27.8. The fraction of sp³-hybridized carbons (Fsp3) is 0.348. The lowest BCUT2D eigenvalue weighted by molar-refractivity contribution is 0.245. The Hall–Kier alpha value is -2.70. The lowest BCUT2D eigenvalue weighted by Gasteiger charge is -2.27. The fourth-order valence-electron chi connectivity index (χ4n) is 4.53. The van der Waals surface area contributed by atoms with E-state index >= 15 is 0 Å². The second-order valence-electron chi connectivity index (χ2n) is 8.17. The molecular formula is C23H25ClN4O2. The maximum absolute atomic E-state index is 10.3. The highest BCUT2D eigenvalue weighted by Crippen LogP contribution is 2.39. The predicted octanol–water partition coefficient (Wildman–Crippen LogP) is 4.30. The zero-order valence-electron chi connectivity index (χ0n) is 16.7. The molecule has 2 aliphatic heterocycles. The Labute approximate surface area is 180 Å². The molecule has 0 radical (unpaired) electrons. The van der Waals surface area contributed by atoms with Crippen LogP contribution in [-0.4, -0.2) is 44.9 Å². The number of phenolic OH excluding ortho intramolecular Hbond substituents is 2. The number of H-pyrrole nitrogens is 1. The average Bonchev–Trinajstić information content (AvgIpc) is 3.41. The van der Waals surface area contributed by atoms with Gasteiger partial charge in [0.05, 0.1) is 5.02 Å². The van der Waals surface area contributed by atoms with Gasteiger partial charge >= 0.3 is 0 Å². The van der Waals surface area contributed by atoms with Crippen LogP contribution in [0.1, 0.15) is 29.7 Å². The zero-order valence-corrected chi connectivity index (χ0v) is 17.5. The molecule has 5 rings (SSSR count). The van der Waals surface area contributed by atoms with E-state index in [4.69, 9.17) is 11.6 Å². The Kier molecular flexibility index (Phi) is 5.05. The number of phenols is 2. The number of nitrogens with zero attached hydrogens (tertiary/aromatic N) is 3. The number of halogens is 1. The maximum atomic E-state index is 10.3. The highest BCUT2D eigenvalue weighted by Gasteiger charge is 2.25. The molecule has 3 aromatic rings. The second-order valence-corrected chi connectivity index (χ2v) is 8.58. The first kappa shape index (κ1) is 19.3. The minimum absolute atomic E-state index is 0.0263. The Bertz CT molecular complexity index is 1080. The van der Waals surface area contributed by atoms with Crippen molar-refractivity contribution in [1.29, 1.82) is 0 Å². The van der Waals surface area contributed by atoms with Crippen LogP contribution in [0.3, 0.4) is 0 Å². The van der Waals surface area contributed by atoms with E-state index in [0.717, 1.165) is 50.4 Å². The lowest BCUT2D eigenvalue weighted by atomic mass is 9.99. The topological polar surface area (TPSA) is 75.6 Å². The van der Waals surface area contributed by atoms with Crippen LogP contribution in [0.4, 0.5) is 5.69 Å². The number of aromatic hydroxyl groups is 2. The number of aromatic amines is 1. The average molecular weight is 425 g/mol. The van der Waals surface area contributed by atoms with Crippen molar-refractivity contribution in [3.63, 3.8) is 0 Å². The summed E-state index contributed by atoms with van der Waals surface area (Å²) in [6, 6.07) is 11.7. The van der Waals surface area contributed by atoms with Gasteiger partial charge in [-0.15, -0.1) is 0 Å². The zero-order chi connectivity index (χ0) is 20.7. The summed E-state index contributed by atoms with van der Waals surface area (Å²) in [4.78, 5) is 4.87. The summed E-state index contributed by atoms with van der Waals surface area (Å²) in [5.74, 6) is -0.163. The third kappa shape index (κ3) is 3.61. The number of anilines is 1. The molecule has 0 atom stereocenters. The van der Waals surface area contributed by atoms with Crippen LogP contribution >= 0.6 is 11.6 Å². The molecule has 7 heteroatoms. The van der Waals surface area contributed by atoms with Crippen LogP contribution < -0.4 is 4.90 Å². The molecule has 2 aliphatic rings. The Balaban J connectivity index is 1.38. The van der Waals surface area contributed by atoms with Crippen molar-refractivity contribution < 1.29 is 10.2 Å². The van der Waals surface area contributed by atoms with Crippen molar-refractivity contribution in [3.8, 4) is 22.8 Å². The standard InChI is InChI=1S/C23H25ClN4O2/c24-19-11-17(21(29)12-22(19)30)23-18-14-27(9-6-20(18)25-26-23)13-15-4-3-5-16(10-15)28-7-1-2-8-28/h3-5,10-12,29-30H,1-2,6-9,13-14H2,(H,25,26). The highest BCUT2D eigenvalue weighted by atomic mass is 35.5. The van der Waals surface area contributed by atoms with Crippen molar-refractivity contribution in [1.82, 2.24) is 15.1 Å². The summed E-state index contributed by atoms with van der Waals surface area (Å²) < 4.78 is 0. The van der Waals surface area contributed by atoms with Crippen LogP contribution in [0.25, 0.3) is 11.3 Å². The molecule has 0 saturated carbocycles. The van der Waals surface area contributed by atoms with Gasteiger partial charge in [0.25, 0.3) is 0 Å². The molecule has 1 aromatic heterocycles. The van der Waals surface area contributed by atoms with Gasteiger partial charge in [-0.1, -0.05) is 23.7 Å². The number of aromatic nitrogens is 2. The van der Waals surface area contributed by atoms with Crippen molar-refractivity contribution >= 4 is 17.3 Å². The van der Waals surface area contributed by atoms with Gasteiger partial charge in [0, 0.05) is 67.7 Å². The summed E-state index contributed by atoms with van der Waals surface area (Å²) in [7, 11) is 0. The van der Waals surface area contributed by atoms with Crippen molar-refractivity contribution in [2.24, 2.45) is 0 Å². The van der Waals surface area contributed by atoms with Gasteiger partial charge in [-0.2, -0.15) is 5.10 Å². The van der Waals surface area contributed by atoms with E-state index in [2.05, 4.69) is 44.3 Å². The highest BCUT2D eigenvalue weighted by molar-refractivity contribution is 6.32. The number of nitrogens with one attached hydrogen (secondary N) is 1. The van der Waals surface area contributed by atoms with Gasteiger partial charge in [0.1, 0.15) is 17.2 Å². The van der Waals surface area contributed by atoms with E-state index < -0.39 is 0 Å². The molecule has 156 valence electrons. The Morgan fingerprint density at radius 2 is 1.87 bits per heavy atom. The quantitative estimate of drug-likeness (QED) is 0.582. The van der Waals surface area contributed by atoms with Crippen LogP contribution in [0.15, 0.2) is 36.4 Å². The van der Waals surface area contributed by atoms with Crippen LogP contribution in [-0.2, 0) is 19.5 Å². The van der Waals surface area contributed by atoms with Gasteiger partial charge in [0.15, 0.2) is 0 Å². The number of hydrogen-bond acceptors (Lipinski definition) is 5. The molecule has 2 aromatic carbocycles. The van der Waals surface area contributed by atoms with E-state index in [1.54, 1.807) is 6.07 Å². The molecular weight excluding hydrogens is 400 g/mol. The van der Waals surface area contributed by atoms with Crippen molar-refractivity contribution in [2.45, 2.75) is 32.4 Å². The number of fused-ring (bicyclic) bond motifs is 1. The summed E-state index contributed by atoms with van der Waals surface area (Å²) in [6.07, 6.45) is 3.42. The lowest BCUT2D eigenvalue weighted by Crippen LogP contribution is -2.30. The largest absolute Gasteiger partial charge is 0.507 e.